The summed E-state index contributed by atoms with van der Waals surface area (Å²) in [5.74, 6) is 0.510. The molecule has 0 saturated heterocycles. The molecule has 1 rings (SSSR count). The third kappa shape index (κ3) is 4.77. The van der Waals surface area contributed by atoms with Gasteiger partial charge in [-0.3, -0.25) is 4.18 Å². The maximum atomic E-state index is 10.6. The van der Waals surface area contributed by atoms with Gasteiger partial charge in [0, 0.05) is 0 Å². The van der Waals surface area contributed by atoms with E-state index in [1.807, 2.05) is 6.07 Å². The van der Waals surface area contributed by atoms with Crippen molar-refractivity contribution < 1.29 is 17.3 Å². The Morgan fingerprint density at radius 1 is 1.38 bits per heavy atom. The van der Waals surface area contributed by atoms with Gasteiger partial charge in [0.25, 0.3) is 10.1 Å². The monoisotopic (exact) mass is 241 g/mol. The van der Waals surface area contributed by atoms with Crippen LogP contribution in [-0.2, 0) is 14.3 Å². The van der Waals surface area contributed by atoms with Gasteiger partial charge in [0.05, 0.1) is 17.9 Å². The lowest BCUT2D eigenvalue weighted by molar-refractivity contribution is 0.222. The van der Waals surface area contributed by atoms with E-state index in [2.05, 4.69) is 4.18 Å². The summed E-state index contributed by atoms with van der Waals surface area (Å²) in [5.41, 5.74) is 0.488. The van der Waals surface area contributed by atoms with E-state index in [0.717, 1.165) is 6.26 Å². The topological polar surface area (TPSA) is 76.4 Å². The SMILES string of the molecule is CS(=O)(=O)OCCOc1cccc(C#N)c1. The van der Waals surface area contributed by atoms with E-state index < -0.39 is 10.1 Å². The van der Waals surface area contributed by atoms with Crippen LogP contribution in [0.25, 0.3) is 0 Å². The summed E-state index contributed by atoms with van der Waals surface area (Å²) in [6.07, 6.45) is 0.975. The summed E-state index contributed by atoms with van der Waals surface area (Å²) in [5, 5.41) is 8.63. The van der Waals surface area contributed by atoms with Crippen molar-refractivity contribution >= 4 is 10.1 Å². The van der Waals surface area contributed by atoms with Crippen molar-refractivity contribution in [3.63, 3.8) is 0 Å². The highest BCUT2D eigenvalue weighted by Gasteiger charge is 2.01. The molecular weight excluding hydrogens is 230 g/mol. The summed E-state index contributed by atoms with van der Waals surface area (Å²) < 4.78 is 30.9. The lowest BCUT2D eigenvalue weighted by Gasteiger charge is -2.05. The zero-order chi connectivity index (χ0) is 12.0. The summed E-state index contributed by atoms with van der Waals surface area (Å²) in [7, 11) is -3.42. The van der Waals surface area contributed by atoms with Crippen LogP contribution in [0.4, 0.5) is 0 Å². The van der Waals surface area contributed by atoms with Crippen molar-refractivity contribution in [1.29, 1.82) is 5.26 Å². The molecule has 0 amide bonds. The molecule has 0 N–H and O–H groups in total. The van der Waals surface area contributed by atoms with Gasteiger partial charge in [-0.15, -0.1) is 0 Å². The molecule has 1 aromatic carbocycles. The molecular formula is C10H11NO4S. The first-order valence-corrected chi connectivity index (χ1v) is 6.30. The number of rotatable bonds is 5. The zero-order valence-electron chi connectivity index (χ0n) is 8.71. The summed E-state index contributed by atoms with van der Waals surface area (Å²) in [6, 6.07) is 8.57. The Kier molecular flexibility index (Phi) is 4.28. The maximum absolute atomic E-state index is 10.6. The minimum absolute atomic E-state index is 0.0460. The van der Waals surface area contributed by atoms with Crippen molar-refractivity contribution in [1.82, 2.24) is 0 Å². The molecule has 0 aliphatic heterocycles. The van der Waals surface area contributed by atoms with E-state index in [1.54, 1.807) is 24.3 Å². The molecule has 0 unspecified atom stereocenters. The number of hydrogen-bond acceptors (Lipinski definition) is 5. The van der Waals surface area contributed by atoms with Crippen molar-refractivity contribution in [3.8, 4) is 11.8 Å². The number of ether oxygens (including phenoxy) is 1. The van der Waals surface area contributed by atoms with Crippen LogP contribution in [-0.4, -0.2) is 27.9 Å². The fourth-order valence-electron chi connectivity index (χ4n) is 1.00. The van der Waals surface area contributed by atoms with E-state index in [9.17, 15) is 8.42 Å². The maximum Gasteiger partial charge on any atom is 0.264 e. The molecule has 0 spiro atoms. The Labute approximate surface area is 94.3 Å². The van der Waals surface area contributed by atoms with Crippen molar-refractivity contribution in [3.05, 3.63) is 29.8 Å². The van der Waals surface area contributed by atoms with Crippen LogP contribution < -0.4 is 4.74 Å². The number of hydrogen-bond donors (Lipinski definition) is 0. The van der Waals surface area contributed by atoms with E-state index in [1.165, 1.54) is 0 Å². The average Bonchev–Trinajstić information content (AvgIpc) is 2.23. The van der Waals surface area contributed by atoms with E-state index in [0.29, 0.717) is 11.3 Å². The Hall–Kier alpha value is -1.58. The molecule has 16 heavy (non-hydrogen) atoms. The third-order valence-electron chi connectivity index (χ3n) is 1.61. The third-order valence-corrected chi connectivity index (χ3v) is 2.21. The van der Waals surface area contributed by atoms with Gasteiger partial charge < -0.3 is 4.74 Å². The first kappa shape index (κ1) is 12.5. The number of benzene rings is 1. The lowest BCUT2D eigenvalue weighted by Crippen LogP contribution is -2.11. The second-order valence-corrected chi connectivity index (χ2v) is 4.66. The molecule has 0 aromatic heterocycles. The van der Waals surface area contributed by atoms with Crippen molar-refractivity contribution in [2.45, 2.75) is 0 Å². The van der Waals surface area contributed by atoms with Crippen LogP contribution in [0, 0.1) is 11.3 Å². The van der Waals surface area contributed by atoms with Crippen LogP contribution in [0.2, 0.25) is 0 Å². The van der Waals surface area contributed by atoms with Gasteiger partial charge in [-0.25, -0.2) is 0 Å². The second kappa shape index (κ2) is 5.49. The fraction of sp³-hybridized carbons (Fsp3) is 0.300. The first-order chi connectivity index (χ1) is 7.51. The normalized spacial score (nSPS) is 10.8. The molecule has 1 aromatic rings. The van der Waals surface area contributed by atoms with Crippen molar-refractivity contribution in [2.75, 3.05) is 19.5 Å². The van der Waals surface area contributed by atoms with Gasteiger partial charge in [-0.05, 0) is 18.2 Å². The highest BCUT2D eigenvalue weighted by atomic mass is 32.2. The van der Waals surface area contributed by atoms with Crippen LogP contribution in [0.3, 0.4) is 0 Å². The second-order valence-electron chi connectivity index (χ2n) is 3.01. The Balaban J connectivity index is 2.41. The first-order valence-electron chi connectivity index (χ1n) is 4.48. The van der Waals surface area contributed by atoms with Gasteiger partial charge in [-0.1, -0.05) is 6.07 Å². The largest absolute Gasteiger partial charge is 0.491 e. The zero-order valence-corrected chi connectivity index (χ0v) is 9.53. The fourth-order valence-corrected chi connectivity index (χ4v) is 1.37. The van der Waals surface area contributed by atoms with Gasteiger partial charge in [0.15, 0.2) is 0 Å². The Morgan fingerprint density at radius 2 is 2.12 bits per heavy atom. The molecule has 0 bridgehead atoms. The summed E-state index contributed by atoms with van der Waals surface area (Å²) in [6.45, 7) is 0.0670. The number of nitriles is 1. The van der Waals surface area contributed by atoms with Crippen LogP contribution >= 0.6 is 0 Å². The predicted octanol–water partition coefficient (Wildman–Crippen LogP) is 0.913. The predicted molar refractivity (Wildman–Crippen MR) is 57.4 cm³/mol. The number of nitrogens with zero attached hydrogens (tertiary/aromatic N) is 1. The van der Waals surface area contributed by atoms with Gasteiger partial charge in [-0.2, -0.15) is 13.7 Å². The lowest BCUT2D eigenvalue weighted by atomic mass is 10.2. The van der Waals surface area contributed by atoms with Crippen molar-refractivity contribution in [2.24, 2.45) is 0 Å². The van der Waals surface area contributed by atoms with Gasteiger partial charge in [0.1, 0.15) is 19.0 Å². The van der Waals surface area contributed by atoms with E-state index >= 15 is 0 Å². The minimum atomic E-state index is -3.42. The standard InChI is InChI=1S/C10H11NO4S/c1-16(12,13)15-6-5-14-10-4-2-3-9(7-10)8-11/h2-4,7H,5-6H2,1H3. The molecule has 6 heteroatoms. The van der Waals surface area contributed by atoms with E-state index in [-0.39, 0.29) is 13.2 Å². The quantitative estimate of drug-likeness (QED) is 0.565. The molecule has 0 aliphatic rings. The molecule has 0 radical (unpaired) electrons. The molecule has 0 saturated carbocycles. The molecule has 0 aliphatic carbocycles. The minimum Gasteiger partial charge on any atom is -0.491 e. The van der Waals surface area contributed by atoms with Crippen LogP contribution in [0.1, 0.15) is 5.56 Å². The Morgan fingerprint density at radius 3 is 2.75 bits per heavy atom. The smallest absolute Gasteiger partial charge is 0.264 e. The molecule has 5 nitrogen and oxygen atoms in total. The molecule has 0 atom stereocenters. The van der Waals surface area contributed by atoms with Crippen LogP contribution in [0.15, 0.2) is 24.3 Å². The summed E-state index contributed by atoms with van der Waals surface area (Å²) >= 11 is 0. The molecule has 0 heterocycles. The van der Waals surface area contributed by atoms with Crippen LogP contribution in [0.5, 0.6) is 5.75 Å². The summed E-state index contributed by atoms with van der Waals surface area (Å²) in [4.78, 5) is 0. The molecule has 86 valence electrons. The molecule has 0 fully saturated rings. The van der Waals surface area contributed by atoms with E-state index in [4.69, 9.17) is 10.00 Å². The van der Waals surface area contributed by atoms with Gasteiger partial charge in [0.2, 0.25) is 0 Å². The van der Waals surface area contributed by atoms with Gasteiger partial charge >= 0.3 is 0 Å². The highest BCUT2D eigenvalue weighted by Crippen LogP contribution is 2.12. The Bertz CT molecular complexity index is 490. The average molecular weight is 241 g/mol. The highest BCUT2D eigenvalue weighted by molar-refractivity contribution is 7.85.